The summed E-state index contributed by atoms with van der Waals surface area (Å²) in [6, 6.07) is 32.4. The molecule has 4 aromatic rings. The van der Waals surface area contributed by atoms with Gasteiger partial charge in [-0.25, -0.2) is 9.59 Å². The maximum absolute atomic E-state index is 12.6. The Balaban J connectivity index is 1.14. The predicted molar refractivity (Wildman–Crippen MR) is 145 cm³/mol. The van der Waals surface area contributed by atoms with Crippen molar-refractivity contribution in [3.05, 3.63) is 125 Å². The number of hydrogen-bond acceptors (Lipinski definition) is 4. The van der Waals surface area contributed by atoms with Crippen LogP contribution in [0, 0.1) is 0 Å². The van der Waals surface area contributed by atoms with Crippen LogP contribution >= 0.6 is 0 Å². The van der Waals surface area contributed by atoms with Crippen LogP contribution < -0.4 is 10.1 Å². The zero-order valence-electron chi connectivity index (χ0n) is 20.9. The third kappa shape index (κ3) is 5.86. The number of ether oxygens (including phenoxy) is 2. The lowest BCUT2D eigenvalue weighted by Crippen LogP contribution is -2.42. The molecule has 0 unspecified atom stereocenters. The standard InChI is InChI=1S/C32H29NO5/c34-31(35)30(20-23-14-16-24(17-15-23)37-19-18-22-8-2-1-3-9-22)33-32(36)38-21-29-27-12-6-4-10-25(27)26-11-5-7-13-28(26)29/h1-17,29-30H,18-21H2,(H,33,36)(H,34,35)/t30-/m0/s1. The Morgan fingerprint density at radius 1 is 0.763 bits per heavy atom. The minimum Gasteiger partial charge on any atom is -0.493 e. The second kappa shape index (κ2) is 11.6. The molecule has 0 aromatic heterocycles. The molecular weight excluding hydrogens is 478 g/mol. The summed E-state index contributed by atoms with van der Waals surface area (Å²) < 4.78 is 11.3. The van der Waals surface area contributed by atoms with Crippen LogP contribution in [0.1, 0.15) is 28.2 Å². The summed E-state index contributed by atoms with van der Waals surface area (Å²) in [5.41, 5.74) is 6.44. The van der Waals surface area contributed by atoms with Crippen LogP contribution in [0.3, 0.4) is 0 Å². The molecule has 0 heterocycles. The average Bonchev–Trinajstić information content (AvgIpc) is 3.26. The average molecular weight is 508 g/mol. The molecule has 0 spiro atoms. The highest BCUT2D eigenvalue weighted by Gasteiger charge is 2.29. The lowest BCUT2D eigenvalue weighted by molar-refractivity contribution is -0.139. The fourth-order valence-corrected chi connectivity index (χ4v) is 4.87. The van der Waals surface area contributed by atoms with Crippen molar-refractivity contribution in [2.75, 3.05) is 13.2 Å². The lowest BCUT2D eigenvalue weighted by atomic mass is 9.98. The predicted octanol–water partition coefficient (Wildman–Crippen LogP) is 5.84. The van der Waals surface area contributed by atoms with Crippen LogP contribution in [-0.2, 0) is 22.4 Å². The number of fused-ring (bicyclic) bond motifs is 3. The molecule has 1 amide bonds. The molecule has 1 aliphatic rings. The van der Waals surface area contributed by atoms with E-state index in [0.717, 1.165) is 34.2 Å². The van der Waals surface area contributed by atoms with E-state index in [1.165, 1.54) is 5.56 Å². The number of alkyl carbamates (subject to hydrolysis) is 1. The van der Waals surface area contributed by atoms with E-state index >= 15 is 0 Å². The molecule has 0 radical (unpaired) electrons. The first kappa shape index (κ1) is 25.1. The van der Waals surface area contributed by atoms with E-state index in [0.29, 0.717) is 12.4 Å². The van der Waals surface area contributed by atoms with Gasteiger partial charge in [-0.1, -0.05) is 91.0 Å². The topological polar surface area (TPSA) is 84.9 Å². The molecule has 0 fully saturated rings. The summed E-state index contributed by atoms with van der Waals surface area (Å²) in [4.78, 5) is 24.5. The van der Waals surface area contributed by atoms with E-state index in [2.05, 4.69) is 29.6 Å². The number of amides is 1. The van der Waals surface area contributed by atoms with Crippen molar-refractivity contribution in [1.29, 1.82) is 0 Å². The van der Waals surface area contributed by atoms with Crippen molar-refractivity contribution in [3.8, 4) is 16.9 Å². The van der Waals surface area contributed by atoms with Gasteiger partial charge in [-0.05, 0) is 45.5 Å². The van der Waals surface area contributed by atoms with Gasteiger partial charge in [0.2, 0.25) is 0 Å². The normalized spacial score (nSPS) is 12.7. The molecule has 1 atom stereocenters. The van der Waals surface area contributed by atoms with Crippen molar-refractivity contribution in [2.24, 2.45) is 0 Å². The summed E-state index contributed by atoms with van der Waals surface area (Å²) in [5, 5.41) is 12.2. The summed E-state index contributed by atoms with van der Waals surface area (Å²) in [6.45, 7) is 0.672. The second-order valence-electron chi connectivity index (χ2n) is 9.29. The molecule has 0 aliphatic heterocycles. The van der Waals surface area contributed by atoms with Gasteiger partial charge >= 0.3 is 12.1 Å². The number of rotatable bonds is 10. The second-order valence-corrected chi connectivity index (χ2v) is 9.29. The molecule has 1 aliphatic carbocycles. The first-order chi connectivity index (χ1) is 18.6. The quantitative estimate of drug-likeness (QED) is 0.282. The zero-order chi connectivity index (χ0) is 26.3. The van der Waals surface area contributed by atoms with Crippen LogP contribution in [0.5, 0.6) is 5.75 Å². The number of hydrogen-bond donors (Lipinski definition) is 2. The van der Waals surface area contributed by atoms with Gasteiger partial charge < -0.3 is 19.9 Å². The van der Waals surface area contributed by atoms with E-state index in [1.54, 1.807) is 0 Å². The van der Waals surface area contributed by atoms with Gasteiger partial charge in [0.1, 0.15) is 18.4 Å². The number of carbonyl (C=O) groups excluding carboxylic acids is 1. The first-order valence-electron chi connectivity index (χ1n) is 12.7. The SMILES string of the molecule is O=C(N[C@@H](Cc1ccc(OCCc2ccccc2)cc1)C(=O)O)OCC1c2ccccc2-c2ccccc21. The van der Waals surface area contributed by atoms with Crippen LogP contribution in [0.15, 0.2) is 103 Å². The highest BCUT2D eigenvalue weighted by Crippen LogP contribution is 2.44. The Kier molecular flexibility index (Phi) is 7.69. The van der Waals surface area contributed by atoms with Crippen molar-refractivity contribution in [2.45, 2.75) is 24.8 Å². The number of carboxylic acid groups (broad SMARTS) is 1. The van der Waals surface area contributed by atoms with E-state index in [9.17, 15) is 14.7 Å². The Hall–Kier alpha value is -4.58. The molecule has 4 aromatic carbocycles. The number of carboxylic acids is 1. The van der Waals surface area contributed by atoms with Crippen LogP contribution in [0.2, 0.25) is 0 Å². The fraction of sp³-hybridized carbons (Fsp3) is 0.188. The lowest BCUT2D eigenvalue weighted by Gasteiger charge is -2.17. The van der Waals surface area contributed by atoms with Crippen molar-refractivity contribution < 1.29 is 24.2 Å². The van der Waals surface area contributed by atoms with Gasteiger partial charge in [-0.15, -0.1) is 0 Å². The van der Waals surface area contributed by atoms with Crippen LogP contribution in [0.4, 0.5) is 4.79 Å². The molecule has 192 valence electrons. The van der Waals surface area contributed by atoms with Gasteiger partial charge in [-0.3, -0.25) is 0 Å². The molecule has 0 saturated carbocycles. The van der Waals surface area contributed by atoms with E-state index in [4.69, 9.17) is 9.47 Å². The van der Waals surface area contributed by atoms with Gasteiger partial charge in [0.25, 0.3) is 0 Å². The van der Waals surface area contributed by atoms with Gasteiger partial charge in [0, 0.05) is 18.8 Å². The number of carbonyl (C=O) groups is 2. The Labute approximate surface area is 221 Å². The Bertz CT molecular complexity index is 1360. The largest absolute Gasteiger partial charge is 0.493 e. The molecular formula is C32H29NO5. The molecule has 38 heavy (non-hydrogen) atoms. The Morgan fingerprint density at radius 3 is 2.00 bits per heavy atom. The fourth-order valence-electron chi connectivity index (χ4n) is 4.87. The summed E-state index contributed by atoms with van der Waals surface area (Å²) in [5.74, 6) is -0.506. The van der Waals surface area contributed by atoms with Gasteiger partial charge in [-0.2, -0.15) is 0 Å². The third-order valence-corrected chi connectivity index (χ3v) is 6.80. The number of benzene rings is 4. The van der Waals surface area contributed by atoms with E-state index in [1.807, 2.05) is 78.9 Å². The smallest absolute Gasteiger partial charge is 0.407 e. The highest BCUT2D eigenvalue weighted by molar-refractivity contribution is 5.81. The summed E-state index contributed by atoms with van der Waals surface area (Å²) >= 11 is 0. The number of aliphatic carboxylic acids is 1. The van der Waals surface area contributed by atoms with Gasteiger partial charge in [0.05, 0.1) is 6.61 Å². The summed E-state index contributed by atoms with van der Waals surface area (Å²) in [6.07, 6.45) is 0.178. The molecule has 5 rings (SSSR count). The molecule has 0 bridgehead atoms. The minimum absolute atomic E-state index is 0.0918. The highest BCUT2D eigenvalue weighted by atomic mass is 16.5. The van der Waals surface area contributed by atoms with E-state index < -0.39 is 18.1 Å². The monoisotopic (exact) mass is 507 g/mol. The molecule has 2 N–H and O–H groups in total. The van der Waals surface area contributed by atoms with Crippen molar-refractivity contribution in [3.63, 3.8) is 0 Å². The maximum Gasteiger partial charge on any atom is 0.407 e. The van der Waals surface area contributed by atoms with Gasteiger partial charge in [0.15, 0.2) is 0 Å². The van der Waals surface area contributed by atoms with Crippen LogP contribution in [-0.4, -0.2) is 36.4 Å². The number of nitrogens with one attached hydrogen (secondary N) is 1. The maximum atomic E-state index is 12.6. The Morgan fingerprint density at radius 2 is 1.37 bits per heavy atom. The molecule has 0 saturated heterocycles. The molecule has 6 nitrogen and oxygen atoms in total. The van der Waals surface area contributed by atoms with Crippen molar-refractivity contribution >= 4 is 12.1 Å². The third-order valence-electron chi connectivity index (χ3n) is 6.80. The summed E-state index contributed by atoms with van der Waals surface area (Å²) in [7, 11) is 0. The molecule has 6 heteroatoms. The van der Waals surface area contributed by atoms with E-state index in [-0.39, 0.29) is 18.9 Å². The van der Waals surface area contributed by atoms with Crippen molar-refractivity contribution in [1.82, 2.24) is 5.32 Å². The van der Waals surface area contributed by atoms with Crippen LogP contribution in [0.25, 0.3) is 11.1 Å². The zero-order valence-corrected chi connectivity index (χ0v) is 20.9. The minimum atomic E-state index is -1.12. The first-order valence-corrected chi connectivity index (χ1v) is 12.7.